The highest BCUT2D eigenvalue weighted by atomic mass is 16.3. The molecule has 1 unspecified atom stereocenters. The highest BCUT2D eigenvalue weighted by molar-refractivity contribution is 5.99. The molecule has 9 nitrogen and oxygen atoms in total. The molecule has 1 aromatic rings. The number of nitrogens with zero attached hydrogens (tertiary/aromatic N) is 2. The van der Waals surface area contributed by atoms with E-state index in [0.717, 1.165) is 20.6 Å². The standard InChI is InChI=1S/C14H19N3O4.2H2O/c1-5-15(2)8-6-7-9(18)10(8)11-12(19)16(3)14(21)17(4)13(11)20;;/h6-8,10,19H,5H2,1-4H3;2*1H2/t8-,10+;;/m1../s1. The van der Waals surface area contributed by atoms with Gasteiger partial charge in [-0.15, -0.1) is 0 Å². The number of hydrogen-bond donors (Lipinski definition) is 1. The lowest BCUT2D eigenvalue weighted by Crippen LogP contribution is -3.13. The van der Waals surface area contributed by atoms with E-state index in [1.807, 2.05) is 14.0 Å². The Hall–Kier alpha value is -2.23. The van der Waals surface area contributed by atoms with Gasteiger partial charge in [0.05, 0.1) is 13.6 Å². The Morgan fingerprint density at radius 1 is 1.17 bits per heavy atom. The van der Waals surface area contributed by atoms with E-state index in [4.69, 9.17) is 0 Å². The molecule has 2 rings (SSSR count). The molecule has 130 valence electrons. The van der Waals surface area contributed by atoms with E-state index in [9.17, 15) is 19.5 Å². The highest BCUT2D eigenvalue weighted by Gasteiger charge is 2.39. The zero-order valence-corrected chi connectivity index (χ0v) is 13.5. The van der Waals surface area contributed by atoms with E-state index in [2.05, 4.69) is 0 Å². The number of nitrogens with one attached hydrogen (secondary N) is 1. The molecule has 0 aromatic carbocycles. The molecule has 0 fully saturated rings. The summed E-state index contributed by atoms with van der Waals surface area (Å²) in [6, 6.07) is -0.264. The number of rotatable bonds is 3. The maximum Gasteiger partial charge on any atom is 0.329 e. The molecule has 0 radical (unpaired) electrons. The molecular formula is C14H23N3O6. The largest absolute Gasteiger partial charge is 0.860 e. The van der Waals surface area contributed by atoms with Crippen LogP contribution in [0.5, 0.6) is 5.88 Å². The number of quaternary nitrogens is 1. The molecule has 5 N–H and O–H groups in total. The van der Waals surface area contributed by atoms with Crippen molar-refractivity contribution in [1.29, 1.82) is 0 Å². The molecule has 0 spiro atoms. The fourth-order valence-corrected chi connectivity index (χ4v) is 2.71. The average molecular weight is 329 g/mol. The summed E-state index contributed by atoms with van der Waals surface area (Å²) >= 11 is 0. The number of hydrogen-bond acceptors (Lipinski definition) is 4. The van der Waals surface area contributed by atoms with Crippen LogP contribution in [0.1, 0.15) is 18.4 Å². The van der Waals surface area contributed by atoms with Gasteiger partial charge in [-0.3, -0.25) is 14.2 Å². The Balaban J connectivity index is 0.00000242. The van der Waals surface area contributed by atoms with E-state index in [-0.39, 0.29) is 28.3 Å². The van der Waals surface area contributed by atoms with Gasteiger partial charge < -0.3 is 25.5 Å². The van der Waals surface area contributed by atoms with Crippen molar-refractivity contribution in [2.24, 2.45) is 14.1 Å². The molecule has 0 saturated carbocycles. The topological polar surface area (TPSA) is 152 Å². The van der Waals surface area contributed by atoms with Crippen molar-refractivity contribution in [2.45, 2.75) is 18.9 Å². The van der Waals surface area contributed by atoms with Gasteiger partial charge in [0.2, 0.25) is 0 Å². The van der Waals surface area contributed by atoms with Crippen molar-refractivity contribution in [1.82, 2.24) is 9.13 Å². The lowest BCUT2D eigenvalue weighted by molar-refractivity contribution is -0.897. The van der Waals surface area contributed by atoms with Gasteiger partial charge in [-0.2, -0.15) is 0 Å². The first-order chi connectivity index (χ1) is 9.81. The van der Waals surface area contributed by atoms with E-state index in [0.29, 0.717) is 0 Å². The maximum absolute atomic E-state index is 12.3. The van der Waals surface area contributed by atoms with Crippen LogP contribution in [0.15, 0.2) is 21.7 Å². The van der Waals surface area contributed by atoms with E-state index in [1.54, 1.807) is 6.08 Å². The molecule has 1 heterocycles. The summed E-state index contributed by atoms with van der Waals surface area (Å²) in [5.74, 6) is -1.76. The first kappa shape index (κ1) is 20.8. The van der Waals surface area contributed by atoms with Crippen LogP contribution >= 0.6 is 0 Å². The van der Waals surface area contributed by atoms with Crippen LogP contribution in [0.2, 0.25) is 0 Å². The minimum absolute atomic E-state index is 0. The van der Waals surface area contributed by atoms with Crippen molar-refractivity contribution in [3.8, 4) is 5.88 Å². The lowest BCUT2D eigenvalue weighted by Gasteiger charge is -2.28. The van der Waals surface area contributed by atoms with Crippen molar-refractivity contribution in [3.63, 3.8) is 0 Å². The third-order valence-electron chi connectivity index (χ3n) is 4.22. The summed E-state index contributed by atoms with van der Waals surface area (Å²) in [7, 11) is 4.52. The first-order valence-electron chi connectivity index (χ1n) is 6.82. The van der Waals surface area contributed by atoms with Crippen molar-refractivity contribution >= 4 is 5.78 Å². The van der Waals surface area contributed by atoms with Gasteiger partial charge in [-0.05, 0) is 25.0 Å². The number of ketones is 1. The van der Waals surface area contributed by atoms with Crippen LogP contribution in [-0.4, -0.2) is 45.5 Å². The Bertz CT molecular complexity index is 733. The summed E-state index contributed by atoms with van der Waals surface area (Å²) in [4.78, 5) is 37.2. The van der Waals surface area contributed by atoms with Crippen LogP contribution in [0.25, 0.3) is 0 Å². The third-order valence-corrected chi connectivity index (χ3v) is 4.22. The van der Waals surface area contributed by atoms with Crippen LogP contribution < -0.4 is 21.3 Å². The number of carbonyl (C=O) groups excluding carboxylic acids is 1. The maximum atomic E-state index is 12.3. The predicted octanol–water partition coefficient (Wildman–Crippen LogP) is -4.37. The molecule has 1 aromatic heterocycles. The second-order valence-electron chi connectivity index (χ2n) is 5.39. The smallest absolute Gasteiger partial charge is 0.329 e. The number of aromatic nitrogens is 2. The summed E-state index contributed by atoms with van der Waals surface area (Å²) in [5, 5.41) is 12.3. The minimum atomic E-state index is -0.817. The number of allylic oxidation sites excluding steroid dienone is 1. The second kappa shape index (κ2) is 7.36. The van der Waals surface area contributed by atoms with Crippen LogP contribution in [-0.2, 0) is 18.9 Å². The first-order valence-corrected chi connectivity index (χ1v) is 6.82. The normalized spacial score (nSPS) is 20.8. The summed E-state index contributed by atoms with van der Waals surface area (Å²) in [5.41, 5.74) is -1.48. The molecule has 9 heteroatoms. The fourth-order valence-electron chi connectivity index (χ4n) is 2.71. The van der Waals surface area contributed by atoms with E-state index >= 15 is 0 Å². The molecule has 0 amide bonds. The van der Waals surface area contributed by atoms with Gasteiger partial charge in [0, 0.05) is 19.7 Å². The average Bonchev–Trinajstić information content (AvgIpc) is 2.84. The highest BCUT2D eigenvalue weighted by Crippen LogP contribution is 2.27. The van der Waals surface area contributed by atoms with Gasteiger partial charge in [0.25, 0.3) is 5.56 Å². The minimum Gasteiger partial charge on any atom is -0.860 e. The molecule has 3 atom stereocenters. The van der Waals surface area contributed by atoms with Crippen molar-refractivity contribution < 1.29 is 25.8 Å². The quantitative estimate of drug-likeness (QED) is 0.595. The van der Waals surface area contributed by atoms with Gasteiger partial charge in [0.1, 0.15) is 12.0 Å². The monoisotopic (exact) mass is 329 g/mol. The molecule has 0 bridgehead atoms. The Morgan fingerprint density at radius 2 is 1.74 bits per heavy atom. The summed E-state index contributed by atoms with van der Waals surface area (Å²) < 4.78 is 1.75. The zero-order valence-electron chi connectivity index (χ0n) is 13.5. The van der Waals surface area contributed by atoms with Crippen molar-refractivity contribution in [2.75, 3.05) is 13.6 Å². The molecule has 1 aliphatic rings. The van der Waals surface area contributed by atoms with Crippen LogP contribution in [0.3, 0.4) is 0 Å². The predicted molar refractivity (Wildman–Crippen MR) is 81.7 cm³/mol. The lowest BCUT2D eigenvalue weighted by atomic mass is 9.93. The Labute approximate surface area is 132 Å². The second-order valence-corrected chi connectivity index (χ2v) is 5.39. The van der Waals surface area contributed by atoms with Gasteiger partial charge in [-0.1, -0.05) is 0 Å². The molecule has 1 aliphatic carbocycles. The summed E-state index contributed by atoms with van der Waals surface area (Å²) in [6.07, 6.45) is 3.15. The SMILES string of the molecule is CC[NH+](C)[C@@H]1C=CC(=O)[C@H]1c1c([O-])n(C)c(=O)n(C)c1=O.O.O. The van der Waals surface area contributed by atoms with E-state index in [1.165, 1.54) is 20.2 Å². The van der Waals surface area contributed by atoms with Crippen LogP contribution in [0, 0.1) is 0 Å². The van der Waals surface area contributed by atoms with E-state index < -0.39 is 23.0 Å². The number of likely N-dealkylation sites (N-methyl/N-ethyl adjacent to an activating group) is 1. The molecule has 23 heavy (non-hydrogen) atoms. The van der Waals surface area contributed by atoms with Gasteiger partial charge >= 0.3 is 5.69 Å². The van der Waals surface area contributed by atoms with Gasteiger partial charge in [-0.25, -0.2) is 4.79 Å². The Kier molecular flexibility index (Phi) is 6.64. The van der Waals surface area contributed by atoms with Crippen molar-refractivity contribution in [3.05, 3.63) is 38.6 Å². The van der Waals surface area contributed by atoms with Crippen LogP contribution in [0.4, 0.5) is 0 Å². The van der Waals surface area contributed by atoms with Gasteiger partial charge in [0.15, 0.2) is 5.78 Å². The zero-order chi connectivity index (χ0) is 15.9. The molecule has 0 aliphatic heterocycles. The fraction of sp³-hybridized carbons (Fsp3) is 0.500. The molecular weight excluding hydrogens is 306 g/mol. The number of carbonyl (C=O) groups is 1. The summed E-state index contributed by atoms with van der Waals surface area (Å²) in [6.45, 7) is 2.71. The molecule has 0 saturated heterocycles. The Morgan fingerprint density at radius 3 is 2.26 bits per heavy atom. The third kappa shape index (κ3) is 3.11.